The van der Waals surface area contributed by atoms with Gasteiger partial charge in [0.1, 0.15) is 11.9 Å². The van der Waals surface area contributed by atoms with Crippen molar-refractivity contribution in [2.45, 2.75) is 64.3 Å². The van der Waals surface area contributed by atoms with Gasteiger partial charge < -0.3 is 14.9 Å². The van der Waals surface area contributed by atoms with Gasteiger partial charge in [0.2, 0.25) is 0 Å². The second-order valence-corrected chi connectivity index (χ2v) is 7.24. The Balaban J connectivity index is 1.79. The zero-order valence-electron chi connectivity index (χ0n) is 15.3. The van der Waals surface area contributed by atoms with Crippen molar-refractivity contribution in [3.05, 3.63) is 41.5 Å². The molecular weight excluding hydrogens is 312 g/mol. The first kappa shape index (κ1) is 18.0. The molecule has 0 radical (unpaired) electrons. The van der Waals surface area contributed by atoms with Gasteiger partial charge in [0.05, 0.1) is 12.2 Å². The van der Waals surface area contributed by atoms with Gasteiger partial charge in [0.15, 0.2) is 0 Å². The number of para-hydroxylation sites is 1. The number of hydrogen-bond donors (Lipinski definition) is 2. The fourth-order valence-corrected chi connectivity index (χ4v) is 4.06. The maximum absolute atomic E-state index is 10.5. The monoisotopic (exact) mass is 340 g/mol. The highest BCUT2D eigenvalue weighted by Gasteiger charge is 2.48. The second kappa shape index (κ2) is 7.64. The zero-order valence-corrected chi connectivity index (χ0v) is 15.3. The number of aliphatic hydroxyl groups is 2. The molecule has 1 aliphatic heterocycles. The molecular formula is C22H28O3. The molecule has 1 fully saturated rings. The van der Waals surface area contributed by atoms with Gasteiger partial charge in [-0.1, -0.05) is 44.2 Å². The van der Waals surface area contributed by atoms with E-state index in [2.05, 4.69) is 37.0 Å². The lowest BCUT2D eigenvalue weighted by Crippen LogP contribution is -2.19. The predicted octanol–water partition coefficient (Wildman–Crippen LogP) is 3.44. The molecule has 134 valence electrons. The van der Waals surface area contributed by atoms with E-state index in [0.29, 0.717) is 12.8 Å². The first-order chi connectivity index (χ1) is 12.1. The molecule has 0 unspecified atom stereocenters. The van der Waals surface area contributed by atoms with Gasteiger partial charge in [0, 0.05) is 30.2 Å². The van der Waals surface area contributed by atoms with Crippen molar-refractivity contribution < 1.29 is 14.9 Å². The minimum absolute atomic E-state index is 0.0162. The van der Waals surface area contributed by atoms with E-state index in [1.807, 2.05) is 26.0 Å². The summed E-state index contributed by atoms with van der Waals surface area (Å²) < 4.78 is 6.19. The standard InChI is InChI=1S/C22H28O3/c1-4-6-8-14(3)18(23)12-11-16-19(24)13-20-21(16)17-10-7-9-15(5-2)22(17)25-20/h7,9-12,14,16,18-21,23-24H,5,8,13H2,1-3H3/t14-,16-,18-,19+,20-,21-/m0/s1. The fourth-order valence-electron chi connectivity index (χ4n) is 4.06. The zero-order chi connectivity index (χ0) is 18.0. The Hall–Kier alpha value is -1.76. The van der Waals surface area contributed by atoms with E-state index in [1.54, 1.807) is 0 Å². The van der Waals surface area contributed by atoms with Crippen LogP contribution in [0.5, 0.6) is 5.75 Å². The number of fused-ring (bicyclic) bond motifs is 3. The molecule has 6 atom stereocenters. The van der Waals surface area contributed by atoms with E-state index >= 15 is 0 Å². The molecule has 0 saturated heterocycles. The average Bonchev–Trinajstić information content (AvgIpc) is 3.12. The quantitative estimate of drug-likeness (QED) is 0.638. The molecule has 0 bridgehead atoms. The average molecular weight is 340 g/mol. The molecule has 3 nitrogen and oxygen atoms in total. The molecule has 3 heteroatoms. The minimum atomic E-state index is -0.545. The first-order valence-corrected chi connectivity index (χ1v) is 9.29. The van der Waals surface area contributed by atoms with Crippen LogP contribution in [-0.4, -0.2) is 28.5 Å². The molecule has 1 aromatic rings. The number of benzene rings is 1. The lowest BCUT2D eigenvalue weighted by molar-refractivity contribution is 0.134. The fraction of sp³-hybridized carbons (Fsp3) is 0.545. The number of rotatable bonds is 5. The van der Waals surface area contributed by atoms with Gasteiger partial charge in [-0.3, -0.25) is 0 Å². The van der Waals surface area contributed by atoms with Crippen LogP contribution in [0.2, 0.25) is 0 Å². The van der Waals surface area contributed by atoms with Crippen molar-refractivity contribution in [1.29, 1.82) is 0 Å². The van der Waals surface area contributed by atoms with Gasteiger partial charge in [-0.05, 0) is 24.8 Å². The minimum Gasteiger partial charge on any atom is -0.489 e. The third kappa shape index (κ3) is 3.47. The number of aryl methyl sites for hydroxylation is 1. The van der Waals surface area contributed by atoms with Crippen molar-refractivity contribution in [1.82, 2.24) is 0 Å². The molecule has 0 spiro atoms. The van der Waals surface area contributed by atoms with E-state index in [-0.39, 0.29) is 23.9 Å². The SMILES string of the molecule is CC#CC[C@H](C)[C@@H](O)C=C[C@@H]1[C@H]2c3cccc(CC)c3O[C@H]2C[C@H]1O. The summed E-state index contributed by atoms with van der Waals surface area (Å²) in [4.78, 5) is 0. The molecule has 1 heterocycles. The van der Waals surface area contributed by atoms with E-state index in [4.69, 9.17) is 4.74 Å². The Morgan fingerprint density at radius 3 is 2.92 bits per heavy atom. The molecule has 2 N–H and O–H groups in total. The Kier molecular flexibility index (Phi) is 5.51. The molecule has 0 aromatic heterocycles. The van der Waals surface area contributed by atoms with Crippen LogP contribution in [0.3, 0.4) is 0 Å². The van der Waals surface area contributed by atoms with Gasteiger partial charge in [-0.25, -0.2) is 0 Å². The van der Waals surface area contributed by atoms with Crippen molar-refractivity contribution >= 4 is 0 Å². The van der Waals surface area contributed by atoms with Crippen LogP contribution in [0, 0.1) is 23.7 Å². The number of aliphatic hydroxyl groups excluding tert-OH is 2. The Morgan fingerprint density at radius 2 is 2.20 bits per heavy atom. The lowest BCUT2D eigenvalue weighted by Gasteiger charge is -2.19. The summed E-state index contributed by atoms with van der Waals surface area (Å²) in [5, 5.41) is 20.8. The van der Waals surface area contributed by atoms with E-state index in [1.165, 1.54) is 11.1 Å². The summed E-state index contributed by atoms with van der Waals surface area (Å²) in [5.74, 6) is 7.13. The molecule has 0 amide bonds. The largest absolute Gasteiger partial charge is 0.489 e. The maximum Gasteiger partial charge on any atom is 0.126 e. The number of hydrogen-bond acceptors (Lipinski definition) is 3. The van der Waals surface area contributed by atoms with Crippen LogP contribution < -0.4 is 4.74 Å². The molecule has 1 aromatic carbocycles. The van der Waals surface area contributed by atoms with Crippen molar-refractivity contribution in [3.8, 4) is 17.6 Å². The van der Waals surface area contributed by atoms with E-state index in [9.17, 15) is 10.2 Å². The topological polar surface area (TPSA) is 49.7 Å². The third-order valence-corrected chi connectivity index (χ3v) is 5.58. The summed E-state index contributed by atoms with van der Waals surface area (Å²) in [6, 6.07) is 6.31. The normalized spacial score (nSPS) is 29.5. The Labute approximate surface area is 150 Å². The van der Waals surface area contributed by atoms with Gasteiger partial charge in [-0.15, -0.1) is 11.8 Å². The van der Waals surface area contributed by atoms with E-state index in [0.717, 1.165) is 12.2 Å². The Bertz CT molecular complexity index is 697. The van der Waals surface area contributed by atoms with Crippen LogP contribution in [0.1, 0.15) is 50.7 Å². The highest BCUT2D eigenvalue weighted by Crippen LogP contribution is 2.51. The van der Waals surface area contributed by atoms with Gasteiger partial charge in [0.25, 0.3) is 0 Å². The Morgan fingerprint density at radius 1 is 1.40 bits per heavy atom. The first-order valence-electron chi connectivity index (χ1n) is 9.29. The van der Waals surface area contributed by atoms with Crippen LogP contribution in [0.4, 0.5) is 0 Å². The summed E-state index contributed by atoms with van der Waals surface area (Å²) in [5.41, 5.74) is 2.44. The van der Waals surface area contributed by atoms with Gasteiger partial charge in [-0.2, -0.15) is 0 Å². The third-order valence-electron chi connectivity index (χ3n) is 5.58. The molecule has 1 saturated carbocycles. The molecule has 1 aliphatic carbocycles. The van der Waals surface area contributed by atoms with Crippen molar-refractivity contribution in [2.75, 3.05) is 0 Å². The van der Waals surface area contributed by atoms with Crippen LogP contribution in [0.25, 0.3) is 0 Å². The van der Waals surface area contributed by atoms with Crippen LogP contribution >= 0.6 is 0 Å². The van der Waals surface area contributed by atoms with Crippen molar-refractivity contribution in [3.63, 3.8) is 0 Å². The van der Waals surface area contributed by atoms with Crippen LogP contribution in [0.15, 0.2) is 30.4 Å². The highest BCUT2D eigenvalue weighted by atomic mass is 16.5. The summed E-state index contributed by atoms with van der Waals surface area (Å²) >= 11 is 0. The smallest absolute Gasteiger partial charge is 0.126 e. The lowest BCUT2D eigenvalue weighted by atomic mass is 9.86. The molecule has 2 aliphatic rings. The molecule has 25 heavy (non-hydrogen) atoms. The molecule has 3 rings (SSSR count). The van der Waals surface area contributed by atoms with E-state index < -0.39 is 12.2 Å². The number of ether oxygens (including phenoxy) is 1. The highest BCUT2D eigenvalue weighted by molar-refractivity contribution is 5.49. The maximum atomic E-state index is 10.5. The van der Waals surface area contributed by atoms with Crippen molar-refractivity contribution in [2.24, 2.45) is 11.8 Å². The van der Waals surface area contributed by atoms with Gasteiger partial charge >= 0.3 is 0 Å². The predicted molar refractivity (Wildman–Crippen MR) is 99.5 cm³/mol. The summed E-state index contributed by atoms with van der Waals surface area (Å²) in [7, 11) is 0. The van der Waals surface area contributed by atoms with Crippen LogP contribution in [-0.2, 0) is 6.42 Å². The summed E-state index contributed by atoms with van der Waals surface area (Å²) in [6.45, 7) is 5.94. The second-order valence-electron chi connectivity index (χ2n) is 7.24. The summed E-state index contributed by atoms with van der Waals surface area (Å²) in [6.07, 6.45) is 5.15.